The molecule has 4 nitrogen and oxygen atoms in total. The van der Waals surface area contributed by atoms with Crippen LogP contribution in [0.15, 0.2) is 0 Å². The number of hydrogen-bond acceptors (Lipinski definition) is 2. The summed E-state index contributed by atoms with van der Waals surface area (Å²) in [7, 11) is 0. The summed E-state index contributed by atoms with van der Waals surface area (Å²) in [5.74, 6) is 3.37. The Bertz CT molecular complexity index is 470. The SMILES string of the molecule is CCN(CCCC1CCN(C(=O)[C@@H]2C[C@@H]2C)CC1)C(=O)[C@@H]1C[C@H]1C. The van der Waals surface area contributed by atoms with Crippen molar-refractivity contribution in [3.63, 3.8) is 0 Å². The van der Waals surface area contributed by atoms with Gasteiger partial charge in [-0.25, -0.2) is 0 Å². The van der Waals surface area contributed by atoms with Gasteiger partial charge in [0.2, 0.25) is 11.8 Å². The normalized spacial score (nSPS) is 32.5. The van der Waals surface area contributed by atoms with Crippen LogP contribution in [0.25, 0.3) is 0 Å². The smallest absolute Gasteiger partial charge is 0.225 e. The number of amides is 2. The molecular formula is C20H34N2O2. The summed E-state index contributed by atoms with van der Waals surface area (Å²) >= 11 is 0. The van der Waals surface area contributed by atoms with Gasteiger partial charge in [0.25, 0.3) is 0 Å². The van der Waals surface area contributed by atoms with Crippen molar-refractivity contribution in [3.05, 3.63) is 0 Å². The van der Waals surface area contributed by atoms with Crippen LogP contribution >= 0.6 is 0 Å². The molecule has 3 aliphatic rings. The summed E-state index contributed by atoms with van der Waals surface area (Å²) < 4.78 is 0. The van der Waals surface area contributed by atoms with E-state index in [9.17, 15) is 9.59 Å². The van der Waals surface area contributed by atoms with Crippen molar-refractivity contribution >= 4 is 11.8 Å². The molecule has 3 fully saturated rings. The van der Waals surface area contributed by atoms with E-state index >= 15 is 0 Å². The largest absolute Gasteiger partial charge is 0.343 e. The summed E-state index contributed by atoms with van der Waals surface area (Å²) in [4.78, 5) is 28.8. The van der Waals surface area contributed by atoms with Gasteiger partial charge in [-0.15, -0.1) is 0 Å². The molecule has 0 spiro atoms. The minimum absolute atomic E-state index is 0.309. The van der Waals surface area contributed by atoms with Crippen LogP contribution in [0.1, 0.15) is 59.3 Å². The highest BCUT2D eigenvalue weighted by Crippen LogP contribution is 2.40. The third-order valence-electron chi connectivity index (χ3n) is 6.51. The van der Waals surface area contributed by atoms with E-state index < -0.39 is 0 Å². The monoisotopic (exact) mass is 334 g/mol. The lowest BCUT2D eigenvalue weighted by Gasteiger charge is -2.32. The first-order valence-corrected chi connectivity index (χ1v) is 10.1. The van der Waals surface area contributed by atoms with E-state index in [4.69, 9.17) is 0 Å². The van der Waals surface area contributed by atoms with Gasteiger partial charge in [-0.1, -0.05) is 13.8 Å². The van der Waals surface area contributed by atoms with Gasteiger partial charge in [0.15, 0.2) is 0 Å². The molecule has 136 valence electrons. The number of likely N-dealkylation sites (tertiary alicyclic amines) is 1. The molecule has 24 heavy (non-hydrogen) atoms. The second-order valence-corrected chi connectivity index (χ2v) is 8.47. The molecule has 1 heterocycles. The molecule has 0 radical (unpaired) electrons. The van der Waals surface area contributed by atoms with E-state index in [2.05, 4.69) is 30.6 Å². The zero-order valence-corrected chi connectivity index (χ0v) is 15.7. The number of hydrogen-bond donors (Lipinski definition) is 0. The molecule has 0 aromatic rings. The van der Waals surface area contributed by atoms with E-state index in [-0.39, 0.29) is 0 Å². The van der Waals surface area contributed by atoms with E-state index in [0.717, 1.165) is 64.2 Å². The zero-order valence-electron chi connectivity index (χ0n) is 15.7. The lowest BCUT2D eigenvalue weighted by molar-refractivity contribution is -0.135. The molecule has 1 aliphatic heterocycles. The van der Waals surface area contributed by atoms with E-state index in [1.165, 1.54) is 6.42 Å². The van der Waals surface area contributed by atoms with E-state index in [1.807, 2.05) is 0 Å². The Morgan fingerprint density at radius 3 is 2.12 bits per heavy atom. The van der Waals surface area contributed by atoms with Crippen molar-refractivity contribution < 1.29 is 9.59 Å². The number of carbonyl (C=O) groups excluding carboxylic acids is 2. The summed E-state index contributed by atoms with van der Waals surface area (Å²) in [5, 5.41) is 0. The maximum atomic E-state index is 12.3. The average Bonchev–Trinajstić information content (AvgIpc) is 3.49. The Kier molecular flexibility index (Phi) is 5.51. The topological polar surface area (TPSA) is 40.6 Å². The van der Waals surface area contributed by atoms with Crippen LogP contribution in [0.2, 0.25) is 0 Å². The van der Waals surface area contributed by atoms with Crippen LogP contribution in [0.4, 0.5) is 0 Å². The maximum Gasteiger partial charge on any atom is 0.225 e. The van der Waals surface area contributed by atoms with Gasteiger partial charge in [-0.05, 0) is 63.2 Å². The van der Waals surface area contributed by atoms with Crippen molar-refractivity contribution in [2.45, 2.75) is 59.3 Å². The van der Waals surface area contributed by atoms with Gasteiger partial charge in [0.1, 0.15) is 0 Å². The summed E-state index contributed by atoms with van der Waals surface area (Å²) in [6, 6.07) is 0. The van der Waals surface area contributed by atoms with Crippen LogP contribution in [-0.4, -0.2) is 47.8 Å². The molecule has 0 bridgehead atoms. The van der Waals surface area contributed by atoms with Crippen molar-refractivity contribution in [1.82, 2.24) is 9.80 Å². The summed E-state index contributed by atoms with van der Waals surface area (Å²) in [6.45, 7) is 10.1. The lowest BCUT2D eigenvalue weighted by Crippen LogP contribution is -2.39. The van der Waals surface area contributed by atoms with Crippen molar-refractivity contribution in [2.24, 2.45) is 29.6 Å². The first kappa shape index (κ1) is 17.8. The standard InChI is InChI=1S/C20H34N2O2/c1-4-21(19(23)17-12-14(17)2)9-5-6-16-7-10-22(11-8-16)20(24)18-13-15(18)3/h14-18H,4-13H2,1-3H3/t14-,15+,17-,18-/m1/s1. The van der Waals surface area contributed by atoms with Crippen LogP contribution in [0.5, 0.6) is 0 Å². The Hall–Kier alpha value is -1.06. The molecule has 1 saturated heterocycles. The fourth-order valence-corrected chi connectivity index (χ4v) is 4.24. The molecule has 4 heteroatoms. The minimum atomic E-state index is 0.309. The van der Waals surface area contributed by atoms with Crippen LogP contribution in [0, 0.1) is 29.6 Å². The number of piperidine rings is 1. The zero-order chi connectivity index (χ0) is 17.3. The first-order chi connectivity index (χ1) is 11.5. The van der Waals surface area contributed by atoms with Crippen molar-refractivity contribution in [1.29, 1.82) is 0 Å². The highest BCUT2D eigenvalue weighted by atomic mass is 16.2. The summed E-state index contributed by atoms with van der Waals surface area (Å²) in [6.07, 6.45) is 6.78. The Labute approximate surface area is 146 Å². The molecule has 2 saturated carbocycles. The van der Waals surface area contributed by atoms with Gasteiger partial charge in [-0.2, -0.15) is 0 Å². The van der Waals surface area contributed by atoms with E-state index in [1.54, 1.807) is 0 Å². The molecule has 0 aromatic carbocycles. The second kappa shape index (κ2) is 7.45. The lowest BCUT2D eigenvalue weighted by atomic mass is 9.92. The Morgan fingerprint density at radius 1 is 1.04 bits per heavy atom. The highest BCUT2D eigenvalue weighted by Gasteiger charge is 2.42. The molecular weight excluding hydrogens is 300 g/mol. The van der Waals surface area contributed by atoms with Gasteiger partial charge >= 0.3 is 0 Å². The summed E-state index contributed by atoms with van der Waals surface area (Å²) in [5.41, 5.74) is 0. The maximum absolute atomic E-state index is 12.3. The Morgan fingerprint density at radius 2 is 1.62 bits per heavy atom. The molecule has 2 amide bonds. The van der Waals surface area contributed by atoms with Gasteiger partial charge in [-0.3, -0.25) is 9.59 Å². The number of carbonyl (C=O) groups is 2. The quantitative estimate of drug-likeness (QED) is 0.717. The van der Waals surface area contributed by atoms with Crippen molar-refractivity contribution in [3.8, 4) is 0 Å². The average molecular weight is 335 g/mol. The van der Waals surface area contributed by atoms with Crippen molar-refractivity contribution in [2.75, 3.05) is 26.2 Å². The minimum Gasteiger partial charge on any atom is -0.343 e. The number of nitrogens with zero attached hydrogens (tertiary/aromatic N) is 2. The van der Waals surface area contributed by atoms with Crippen LogP contribution < -0.4 is 0 Å². The third kappa shape index (κ3) is 4.12. The molecule has 0 unspecified atom stereocenters. The van der Waals surface area contributed by atoms with Crippen LogP contribution in [-0.2, 0) is 9.59 Å². The fourth-order valence-electron chi connectivity index (χ4n) is 4.24. The first-order valence-electron chi connectivity index (χ1n) is 10.1. The van der Waals surface area contributed by atoms with Crippen LogP contribution in [0.3, 0.4) is 0 Å². The predicted octanol–water partition coefficient (Wildman–Crippen LogP) is 3.17. The Balaban J connectivity index is 1.33. The van der Waals surface area contributed by atoms with E-state index in [0.29, 0.717) is 35.5 Å². The van der Waals surface area contributed by atoms with Gasteiger partial charge < -0.3 is 9.80 Å². The third-order valence-corrected chi connectivity index (χ3v) is 6.51. The molecule has 4 atom stereocenters. The second-order valence-electron chi connectivity index (χ2n) is 8.47. The highest BCUT2D eigenvalue weighted by molar-refractivity contribution is 5.82. The molecule has 2 aliphatic carbocycles. The van der Waals surface area contributed by atoms with Gasteiger partial charge in [0, 0.05) is 38.0 Å². The molecule has 0 N–H and O–H groups in total. The molecule has 3 rings (SSSR count). The predicted molar refractivity (Wildman–Crippen MR) is 95.3 cm³/mol. The van der Waals surface area contributed by atoms with Gasteiger partial charge in [0.05, 0.1) is 0 Å². The fraction of sp³-hybridized carbons (Fsp3) is 0.900. The number of rotatable bonds is 7. The molecule has 0 aromatic heterocycles.